The Bertz CT molecular complexity index is 1370. The molecular formula is C23H18ClN5O5. The van der Waals surface area contributed by atoms with Crippen LogP contribution >= 0.6 is 11.6 Å². The molecule has 0 aliphatic carbocycles. The number of anilines is 1. The minimum Gasteiger partial charge on any atom is -0.493 e. The highest BCUT2D eigenvalue weighted by Gasteiger charge is 2.19. The van der Waals surface area contributed by atoms with Crippen molar-refractivity contribution in [1.29, 1.82) is 0 Å². The molecule has 0 bridgehead atoms. The Morgan fingerprint density at radius 3 is 2.44 bits per heavy atom. The standard InChI is InChI=1S/C23H18ClN5O5/c1-13-25-22(28-27-13)14-3-7-17(8-4-14)26-23(30)15-5-9-20(21(11-15)33-2)34-19-10-6-16(24)12-18(19)29(31)32/h3-12H,1-2H3,(H,26,30)(H,25,27,28). The highest BCUT2D eigenvalue weighted by atomic mass is 35.5. The zero-order valence-electron chi connectivity index (χ0n) is 18.0. The number of hydrogen-bond acceptors (Lipinski definition) is 7. The van der Waals surface area contributed by atoms with Crippen molar-refractivity contribution in [3.05, 3.63) is 87.2 Å². The van der Waals surface area contributed by atoms with Crippen molar-refractivity contribution in [1.82, 2.24) is 15.2 Å². The van der Waals surface area contributed by atoms with Gasteiger partial charge in [0.05, 0.1) is 12.0 Å². The zero-order chi connectivity index (χ0) is 24.2. The van der Waals surface area contributed by atoms with E-state index >= 15 is 0 Å². The van der Waals surface area contributed by atoms with Crippen LogP contribution in [0.5, 0.6) is 17.2 Å². The summed E-state index contributed by atoms with van der Waals surface area (Å²) in [5, 5.41) is 21.2. The number of nitrogens with one attached hydrogen (secondary N) is 2. The molecule has 172 valence electrons. The average molecular weight is 480 g/mol. The van der Waals surface area contributed by atoms with Gasteiger partial charge in [0.15, 0.2) is 17.3 Å². The van der Waals surface area contributed by atoms with Crippen molar-refractivity contribution in [2.24, 2.45) is 0 Å². The van der Waals surface area contributed by atoms with Gasteiger partial charge < -0.3 is 14.8 Å². The van der Waals surface area contributed by atoms with Crippen molar-refractivity contribution in [2.75, 3.05) is 12.4 Å². The lowest BCUT2D eigenvalue weighted by molar-refractivity contribution is -0.385. The number of H-pyrrole nitrogens is 1. The lowest BCUT2D eigenvalue weighted by Crippen LogP contribution is -2.12. The number of hydrogen-bond donors (Lipinski definition) is 2. The predicted molar refractivity (Wildman–Crippen MR) is 126 cm³/mol. The SMILES string of the molecule is COc1cc(C(=O)Nc2ccc(-c3n[nH]c(C)n3)cc2)ccc1Oc1ccc(Cl)cc1[N+](=O)[O-]. The quantitative estimate of drug-likeness (QED) is 0.268. The number of benzene rings is 3. The second-order valence-corrected chi connectivity index (χ2v) is 7.55. The summed E-state index contributed by atoms with van der Waals surface area (Å²) in [7, 11) is 1.41. The van der Waals surface area contributed by atoms with Gasteiger partial charge in [0.2, 0.25) is 5.75 Å². The van der Waals surface area contributed by atoms with Crippen LogP contribution in [-0.2, 0) is 0 Å². The van der Waals surface area contributed by atoms with E-state index in [1.165, 1.54) is 43.5 Å². The van der Waals surface area contributed by atoms with Gasteiger partial charge in [0, 0.05) is 27.9 Å². The van der Waals surface area contributed by atoms with Crippen molar-refractivity contribution < 1.29 is 19.2 Å². The molecule has 1 heterocycles. The second-order valence-electron chi connectivity index (χ2n) is 7.11. The highest BCUT2D eigenvalue weighted by molar-refractivity contribution is 6.30. The molecule has 0 saturated carbocycles. The van der Waals surface area contributed by atoms with Gasteiger partial charge in [-0.15, -0.1) is 0 Å². The van der Waals surface area contributed by atoms with Crippen LogP contribution < -0.4 is 14.8 Å². The lowest BCUT2D eigenvalue weighted by atomic mass is 10.1. The van der Waals surface area contributed by atoms with Gasteiger partial charge in [-0.05, 0) is 61.5 Å². The summed E-state index contributed by atoms with van der Waals surface area (Å²) in [6.45, 7) is 1.81. The minimum absolute atomic E-state index is 0.00779. The number of carbonyl (C=O) groups is 1. The lowest BCUT2D eigenvalue weighted by Gasteiger charge is -2.12. The van der Waals surface area contributed by atoms with Crippen molar-refractivity contribution in [2.45, 2.75) is 6.92 Å². The summed E-state index contributed by atoms with van der Waals surface area (Å²) in [6.07, 6.45) is 0. The summed E-state index contributed by atoms with van der Waals surface area (Å²) in [4.78, 5) is 27.7. The topological polar surface area (TPSA) is 132 Å². The Hall–Kier alpha value is -4.44. The van der Waals surface area contributed by atoms with E-state index in [9.17, 15) is 14.9 Å². The smallest absolute Gasteiger partial charge is 0.313 e. The van der Waals surface area contributed by atoms with Gasteiger partial charge in [-0.25, -0.2) is 4.98 Å². The number of nitro benzene ring substituents is 1. The van der Waals surface area contributed by atoms with Gasteiger partial charge in [0.25, 0.3) is 5.91 Å². The van der Waals surface area contributed by atoms with E-state index in [0.29, 0.717) is 22.9 Å². The molecule has 34 heavy (non-hydrogen) atoms. The number of aromatic amines is 1. The first-order chi connectivity index (χ1) is 16.3. The highest BCUT2D eigenvalue weighted by Crippen LogP contribution is 2.38. The first kappa shape index (κ1) is 22.7. The molecule has 4 rings (SSSR count). The Balaban J connectivity index is 1.51. The number of ether oxygens (including phenoxy) is 2. The first-order valence-electron chi connectivity index (χ1n) is 9.94. The number of aromatic nitrogens is 3. The van der Waals surface area contributed by atoms with Crippen LogP contribution in [0.3, 0.4) is 0 Å². The van der Waals surface area contributed by atoms with Gasteiger partial charge in [-0.1, -0.05) is 11.6 Å². The number of halogens is 1. The largest absolute Gasteiger partial charge is 0.493 e. The van der Waals surface area contributed by atoms with Crippen LogP contribution in [0.4, 0.5) is 11.4 Å². The molecule has 0 aliphatic heterocycles. The van der Waals surface area contributed by atoms with E-state index in [4.69, 9.17) is 21.1 Å². The summed E-state index contributed by atoms with van der Waals surface area (Å²) in [5.74, 6) is 1.33. The zero-order valence-corrected chi connectivity index (χ0v) is 18.8. The second kappa shape index (κ2) is 9.59. The molecule has 2 N–H and O–H groups in total. The summed E-state index contributed by atoms with van der Waals surface area (Å²) < 4.78 is 11.0. The first-order valence-corrected chi connectivity index (χ1v) is 10.3. The van der Waals surface area contributed by atoms with E-state index < -0.39 is 4.92 Å². The van der Waals surface area contributed by atoms with E-state index in [2.05, 4.69) is 20.5 Å². The fourth-order valence-electron chi connectivity index (χ4n) is 3.11. The van der Waals surface area contributed by atoms with E-state index in [1.54, 1.807) is 24.3 Å². The molecule has 0 spiro atoms. The normalized spacial score (nSPS) is 10.6. The van der Waals surface area contributed by atoms with Crippen LogP contribution in [0.2, 0.25) is 5.02 Å². The molecule has 0 fully saturated rings. The van der Waals surface area contributed by atoms with Crippen molar-refractivity contribution in [3.8, 4) is 28.6 Å². The molecule has 0 saturated heterocycles. The Morgan fingerprint density at radius 1 is 1.06 bits per heavy atom. The number of methoxy groups -OCH3 is 1. The Morgan fingerprint density at radius 2 is 1.79 bits per heavy atom. The number of nitrogens with zero attached hydrogens (tertiary/aromatic N) is 3. The maximum Gasteiger partial charge on any atom is 0.313 e. The molecule has 0 aliphatic rings. The molecule has 0 atom stereocenters. The third-order valence-electron chi connectivity index (χ3n) is 4.76. The van der Waals surface area contributed by atoms with E-state index in [1.807, 2.05) is 6.92 Å². The van der Waals surface area contributed by atoms with Crippen molar-refractivity contribution in [3.63, 3.8) is 0 Å². The number of rotatable bonds is 7. The van der Waals surface area contributed by atoms with Gasteiger partial charge >= 0.3 is 5.69 Å². The molecule has 0 radical (unpaired) electrons. The Labute approximate surface area is 198 Å². The number of amides is 1. The molecular weight excluding hydrogens is 462 g/mol. The van der Waals surface area contributed by atoms with Crippen LogP contribution in [-0.4, -0.2) is 33.1 Å². The predicted octanol–water partition coefficient (Wildman–Crippen LogP) is 5.39. The summed E-state index contributed by atoms with van der Waals surface area (Å²) >= 11 is 5.85. The molecule has 3 aromatic carbocycles. The molecule has 11 heteroatoms. The van der Waals surface area contributed by atoms with Gasteiger partial charge in [0.1, 0.15) is 5.82 Å². The van der Waals surface area contributed by atoms with Crippen molar-refractivity contribution >= 4 is 28.9 Å². The van der Waals surface area contributed by atoms with Crippen LogP contribution in [0.25, 0.3) is 11.4 Å². The van der Waals surface area contributed by atoms with E-state index in [0.717, 1.165) is 5.56 Å². The number of aryl methyl sites for hydroxylation is 1. The molecule has 1 aromatic heterocycles. The van der Waals surface area contributed by atoms with Crippen LogP contribution in [0.1, 0.15) is 16.2 Å². The fourth-order valence-corrected chi connectivity index (χ4v) is 3.28. The molecule has 4 aromatic rings. The minimum atomic E-state index is -0.593. The number of nitro groups is 1. The maximum atomic E-state index is 12.7. The third-order valence-corrected chi connectivity index (χ3v) is 5.00. The van der Waals surface area contributed by atoms with Crippen LogP contribution in [0, 0.1) is 17.0 Å². The molecule has 10 nitrogen and oxygen atoms in total. The van der Waals surface area contributed by atoms with Gasteiger partial charge in [-0.3, -0.25) is 20.0 Å². The number of carbonyl (C=O) groups excluding carboxylic acids is 1. The fraction of sp³-hybridized carbons (Fsp3) is 0.0870. The Kier molecular flexibility index (Phi) is 6.42. The van der Waals surface area contributed by atoms with Crippen LogP contribution in [0.15, 0.2) is 60.7 Å². The van der Waals surface area contributed by atoms with E-state index in [-0.39, 0.29) is 33.9 Å². The summed E-state index contributed by atoms with van der Waals surface area (Å²) in [5.41, 5.74) is 1.40. The average Bonchev–Trinajstić information content (AvgIpc) is 3.27. The molecule has 0 unspecified atom stereocenters. The molecule has 1 amide bonds. The summed E-state index contributed by atoms with van der Waals surface area (Å²) in [6, 6.07) is 15.7. The monoisotopic (exact) mass is 479 g/mol. The maximum absolute atomic E-state index is 12.7. The van der Waals surface area contributed by atoms with Gasteiger partial charge in [-0.2, -0.15) is 5.10 Å². The third kappa shape index (κ3) is 4.97.